The van der Waals surface area contributed by atoms with Crippen LogP contribution in [-0.4, -0.2) is 79.0 Å². The first-order valence-corrected chi connectivity index (χ1v) is 9.41. The van der Waals surface area contributed by atoms with Crippen molar-refractivity contribution < 1.29 is 13.5 Å². The van der Waals surface area contributed by atoms with Gasteiger partial charge in [0.2, 0.25) is 0 Å². The summed E-state index contributed by atoms with van der Waals surface area (Å²) in [5.74, 6) is 0.792. The van der Waals surface area contributed by atoms with Crippen LogP contribution in [-0.2, 0) is 4.74 Å². The van der Waals surface area contributed by atoms with Crippen molar-refractivity contribution in [2.45, 2.75) is 11.6 Å². The molecule has 0 bridgehead atoms. The van der Waals surface area contributed by atoms with Crippen LogP contribution in [0.15, 0.2) is 11.2 Å². The third kappa shape index (κ3) is 3.38. The van der Waals surface area contributed by atoms with Crippen LogP contribution in [0.1, 0.15) is 12.2 Å². The molecular formula is C13H13B4F2N5OS. The molecule has 1 saturated heterocycles. The molecule has 3 aromatic heterocycles. The van der Waals surface area contributed by atoms with Crippen LogP contribution in [0.3, 0.4) is 0 Å². The van der Waals surface area contributed by atoms with E-state index in [9.17, 15) is 8.78 Å². The third-order valence-electron chi connectivity index (χ3n) is 4.21. The predicted octanol–water partition coefficient (Wildman–Crippen LogP) is 0.664. The fourth-order valence-corrected chi connectivity index (χ4v) is 3.36. The van der Waals surface area contributed by atoms with Gasteiger partial charge in [0.1, 0.15) is 0 Å². The van der Waals surface area contributed by atoms with Crippen molar-refractivity contribution in [3.05, 3.63) is 11.9 Å². The first kappa shape index (κ1) is 17.9. The predicted molar refractivity (Wildman–Crippen MR) is 102 cm³/mol. The molecule has 6 nitrogen and oxygen atoms in total. The molecule has 128 valence electrons. The molecule has 4 heterocycles. The number of fused-ring (bicyclic) bond motifs is 1. The molecule has 13 heteroatoms. The van der Waals surface area contributed by atoms with Gasteiger partial charge in [0.15, 0.2) is 0 Å². The fraction of sp³-hybridized carbons (Fsp3) is 0.462. The number of aromatic nitrogens is 4. The van der Waals surface area contributed by atoms with Crippen molar-refractivity contribution in [3.63, 3.8) is 0 Å². The Morgan fingerprint density at radius 1 is 1.12 bits per heavy atom. The van der Waals surface area contributed by atoms with E-state index >= 15 is 0 Å². The van der Waals surface area contributed by atoms with Crippen molar-refractivity contribution >= 4 is 55.4 Å². The summed E-state index contributed by atoms with van der Waals surface area (Å²) in [6, 6.07) is 1.74. The summed E-state index contributed by atoms with van der Waals surface area (Å²) in [4.78, 5) is 15.2. The van der Waals surface area contributed by atoms with E-state index in [0.29, 0.717) is 53.9 Å². The Balaban J connectivity index is 1.89. The van der Waals surface area contributed by atoms with Gasteiger partial charge in [-0.25, -0.2) is 0 Å². The Labute approximate surface area is 155 Å². The van der Waals surface area contributed by atoms with Crippen LogP contribution in [0.25, 0.3) is 16.6 Å². The van der Waals surface area contributed by atoms with Crippen LogP contribution in [0.2, 0.25) is 0 Å². The van der Waals surface area contributed by atoms with Crippen LogP contribution < -0.4 is 4.90 Å². The summed E-state index contributed by atoms with van der Waals surface area (Å²) in [7, 11) is 0. The third-order valence-corrected chi connectivity index (χ3v) is 4.75. The molecule has 0 radical (unpaired) electrons. The zero-order chi connectivity index (χ0) is 18.1. The minimum absolute atomic E-state index is 0.315. The number of hydrogen-bond acceptors (Lipinski definition) is 6. The standard InChI is InChI=1S/C13H13B4F2N5OS/c1-26-13-20-7(23-2-4-25-5-3-23)6-8(21-13)24-10-9(14-16-17-15-10)22-12(24)11(18)19/h6,11H,2-5H2,1H3. The van der Waals surface area contributed by atoms with E-state index in [1.807, 2.05) is 6.26 Å². The molecule has 0 atom stereocenters. The van der Waals surface area contributed by atoms with Crippen LogP contribution >= 0.6 is 11.8 Å². The molecule has 0 aliphatic carbocycles. The molecular weight excluding hydrogens is 355 g/mol. The number of halogens is 2. The molecule has 26 heavy (non-hydrogen) atoms. The number of hydrogen-bond donors (Lipinski definition) is 0. The van der Waals surface area contributed by atoms with E-state index in [1.54, 1.807) is 33.0 Å². The average molecular weight is 369 g/mol. The van der Waals surface area contributed by atoms with Crippen LogP contribution in [0, 0.1) is 0 Å². The number of imidazole rings is 1. The van der Waals surface area contributed by atoms with Crippen LogP contribution in [0.5, 0.6) is 0 Å². The normalized spacial score (nSPS) is 14.5. The minimum atomic E-state index is -2.71. The van der Waals surface area contributed by atoms with E-state index in [4.69, 9.17) is 4.74 Å². The Morgan fingerprint density at radius 2 is 1.85 bits per heavy atom. The summed E-state index contributed by atoms with van der Waals surface area (Å²) >= 11 is 1.38. The quantitative estimate of drug-likeness (QED) is 0.498. The van der Waals surface area contributed by atoms with Gasteiger partial charge in [-0.1, -0.05) is 0 Å². The first-order valence-electron chi connectivity index (χ1n) is 8.19. The zero-order valence-electron chi connectivity index (χ0n) is 14.1. The molecule has 3 aromatic rings. The average Bonchev–Trinajstić information content (AvgIpc) is 3.08. The van der Waals surface area contributed by atoms with Crippen molar-refractivity contribution in [2.75, 3.05) is 37.5 Å². The molecule has 0 N–H and O–H groups in total. The number of thioether (sulfide) groups is 1. The summed E-state index contributed by atoms with van der Waals surface area (Å²) in [6.07, 6.45) is -0.843. The number of rotatable bonds is 4. The van der Waals surface area contributed by atoms with E-state index in [-0.39, 0.29) is 5.82 Å². The monoisotopic (exact) mass is 369 g/mol. The SMILES string of the molecule is CSc1nc(N2CCOCC2)cc(-n2c(C(F)F)nc3bbbbc32)n1. The van der Waals surface area contributed by atoms with Crippen LogP contribution in [0.4, 0.5) is 14.6 Å². The van der Waals surface area contributed by atoms with E-state index in [2.05, 4.69) is 19.9 Å². The maximum atomic E-state index is 13.6. The molecule has 0 aromatic carbocycles. The van der Waals surface area contributed by atoms with Gasteiger partial charge in [0.25, 0.3) is 0 Å². The van der Waals surface area contributed by atoms with Gasteiger partial charge in [-0.15, -0.1) is 0 Å². The number of anilines is 1. The van der Waals surface area contributed by atoms with Crippen molar-refractivity contribution in [2.24, 2.45) is 0 Å². The summed E-state index contributed by atoms with van der Waals surface area (Å²) < 4.78 is 34.1. The number of nitrogens with zero attached hydrogens (tertiary/aromatic N) is 5. The Kier molecular flexibility index (Phi) is 5.26. The van der Waals surface area contributed by atoms with Crippen molar-refractivity contribution in [3.8, 4) is 5.82 Å². The van der Waals surface area contributed by atoms with Gasteiger partial charge in [-0.3, -0.25) is 0 Å². The number of morpholine rings is 1. The van der Waals surface area contributed by atoms with Gasteiger partial charge in [0.05, 0.1) is 0 Å². The first-order chi connectivity index (χ1) is 12.7. The van der Waals surface area contributed by atoms with Gasteiger partial charge in [-0.2, -0.15) is 0 Å². The molecule has 0 unspecified atom stereocenters. The fourth-order valence-electron chi connectivity index (χ4n) is 2.99. The van der Waals surface area contributed by atoms with E-state index in [1.165, 1.54) is 16.3 Å². The Bertz CT molecular complexity index is 940. The van der Waals surface area contributed by atoms with E-state index < -0.39 is 6.43 Å². The second-order valence-electron chi connectivity index (χ2n) is 5.77. The van der Waals surface area contributed by atoms with Gasteiger partial charge in [-0.05, 0) is 0 Å². The number of alkyl halides is 2. The van der Waals surface area contributed by atoms with Gasteiger partial charge < -0.3 is 0 Å². The van der Waals surface area contributed by atoms with Crippen molar-refractivity contribution in [1.82, 2.24) is 19.5 Å². The molecule has 4 rings (SSSR count). The van der Waals surface area contributed by atoms with Crippen molar-refractivity contribution in [1.29, 1.82) is 0 Å². The Hall–Kier alpha value is -1.48. The Morgan fingerprint density at radius 3 is 2.58 bits per heavy atom. The van der Waals surface area contributed by atoms with Gasteiger partial charge >= 0.3 is 155 Å². The molecule has 0 amide bonds. The molecule has 1 fully saturated rings. The second-order valence-corrected chi connectivity index (χ2v) is 6.54. The topological polar surface area (TPSA) is 56.1 Å². The second kappa shape index (κ2) is 7.64. The summed E-state index contributed by atoms with van der Waals surface area (Å²) in [5.41, 5.74) is 1.11. The summed E-state index contributed by atoms with van der Waals surface area (Å²) in [6.45, 7) is 9.71. The van der Waals surface area contributed by atoms with Gasteiger partial charge in [0, 0.05) is 0 Å². The maximum absolute atomic E-state index is 13.6. The number of ether oxygens (including phenoxy) is 1. The molecule has 1 aliphatic heterocycles. The molecule has 0 saturated carbocycles. The molecule has 1 aliphatic rings. The van der Waals surface area contributed by atoms with E-state index in [0.717, 1.165) is 0 Å². The zero-order valence-corrected chi connectivity index (χ0v) is 14.9. The molecule has 0 spiro atoms. The summed E-state index contributed by atoms with van der Waals surface area (Å²) in [5, 5.41) is 0.530.